The van der Waals surface area contributed by atoms with E-state index in [0.717, 1.165) is 0 Å². The third-order valence-electron chi connectivity index (χ3n) is 2.55. The van der Waals surface area contributed by atoms with Crippen LogP contribution in [0.3, 0.4) is 0 Å². The number of ether oxygens (including phenoxy) is 1. The van der Waals surface area contributed by atoms with Crippen molar-refractivity contribution in [3.05, 3.63) is 11.8 Å². The van der Waals surface area contributed by atoms with Crippen molar-refractivity contribution >= 4 is 12.2 Å². The maximum Gasteiger partial charge on any atom is 0.217 e. The number of hydrogen-bond donors (Lipinski definition) is 3. The predicted octanol–water partition coefficient (Wildman–Crippen LogP) is -0.894. The summed E-state index contributed by atoms with van der Waals surface area (Å²) in [6, 6.07) is -0.391. The van der Waals surface area contributed by atoms with Gasteiger partial charge < -0.3 is 20.3 Å². The molecule has 96 valence electrons. The number of rotatable bonds is 5. The minimum atomic E-state index is -0.930. The zero-order valence-electron chi connectivity index (χ0n) is 9.63. The van der Waals surface area contributed by atoms with Gasteiger partial charge in [-0.1, -0.05) is 0 Å². The molecule has 3 atom stereocenters. The summed E-state index contributed by atoms with van der Waals surface area (Å²) in [5.74, 6) is -0.0867. The van der Waals surface area contributed by atoms with Gasteiger partial charge in [-0.25, -0.2) is 0 Å². The Morgan fingerprint density at radius 1 is 1.76 bits per heavy atom. The second-order valence-corrected chi connectivity index (χ2v) is 3.93. The van der Waals surface area contributed by atoms with Crippen LogP contribution >= 0.6 is 0 Å². The zero-order chi connectivity index (χ0) is 12.8. The first-order valence-corrected chi connectivity index (χ1v) is 5.46. The third kappa shape index (κ3) is 3.83. The topological polar surface area (TPSA) is 95.9 Å². The van der Waals surface area contributed by atoms with Crippen molar-refractivity contribution in [3.63, 3.8) is 0 Å². The van der Waals surface area contributed by atoms with Crippen LogP contribution in [0.15, 0.2) is 11.8 Å². The van der Waals surface area contributed by atoms with E-state index in [1.165, 1.54) is 6.92 Å². The molecule has 6 nitrogen and oxygen atoms in total. The number of hydrogen-bond acceptors (Lipinski definition) is 5. The lowest BCUT2D eigenvalue weighted by atomic mass is 9.97. The molecular weight excluding hydrogens is 226 g/mol. The van der Waals surface area contributed by atoms with E-state index in [-0.39, 0.29) is 24.7 Å². The number of carbonyl (C=O) groups is 2. The molecular formula is C11H17NO5. The summed E-state index contributed by atoms with van der Waals surface area (Å²) in [7, 11) is 0. The molecule has 0 bridgehead atoms. The smallest absolute Gasteiger partial charge is 0.217 e. The van der Waals surface area contributed by atoms with Crippen LogP contribution in [0.5, 0.6) is 0 Å². The van der Waals surface area contributed by atoms with E-state index >= 15 is 0 Å². The number of allylic oxidation sites excluding steroid dienone is 1. The van der Waals surface area contributed by atoms with Gasteiger partial charge in [0.2, 0.25) is 5.91 Å². The third-order valence-corrected chi connectivity index (χ3v) is 2.55. The lowest BCUT2D eigenvalue weighted by Crippen LogP contribution is -2.50. The molecule has 3 unspecified atom stereocenters. The van der Waals surface area contributed by atoms with E-state index in [1.54, 1.807) is 6.08 Å². The first-order chi connectivity index (χ1) is 8.08. The van der Waals surface area contributed by atoms with Gasteiger partial charge in [0, 0.05) is 20.0 Å². The van der Waals surface area contributed by atoms with Gasteiger partial charge >= 0.3 is 0 Å². The number of aliphatic hydroxyl groups excluding tert-OH is 2. The highest BCUT2D eigenvalue weighted by Crippen LogP contribution is 2.20. The quantitative estimate of drug-likeness (QED) is 0.544. The molecule has 3 N–H and O–H groups in total. The Balaban J connectivity index is 2.75. The van der Waals surface area contributed by atoms with Crippen molar-refractivity contribution in [1.29, 1.82) is 0 Å². The van der Waals surface area contributed by atoms with E-state index in [9.17, 15) is 14.7 Å². The molecule has 0 fully saturated rings. The molecule has 1 rings (SSSR count). The average Bonchev–Trinajstić information content (AvgIpc) is 2.29. The van der Waals surface area contributed by atoms with Crippen molar-refractivity contribution in [2.24, 2.45) is 0 Å². The first-order valence-electron chi connectivity index (χ1n) is 5.46. The fourth-order valence-electron chi connectivity index (χ4n) is 1.79. The maximum atomic E-state index is 11.0. The Hall–Kier alpha value is -1.40. The Morgan fingerprint density at radius 3 is 3.00 bits per heavy atom. The summed E-state index contributed by atoms with van der Waals surface area (Å²) in [5.41, 5.74) is 0. The molecule has 0 aromatic carbocycles. The van der Waals surface area contributed by atoms with Crippen LogP contribution in [0.2, 0.25) is 0 Å². The summed E-state index contributed by atoms with van der Waals surface area (Å²) in [4.78, 5) is 21.6. The predicted molar refractivity (Wildman–Crippen MR) is 59.0 cm³/mol. The molecule has 17 heavy (non-hydrogen) atoms. The monoisotopic (exact) mass is 243 g/mol. The van der Waals surface area contributed by atoms with Crippen molar-refractivity contribution in [2.45, 2.75) is 38.0 Å². The van der Waals surface area contributed by atoms with E-state index in [4.69, 9.17) is 9.84 Å². The Kier molecular flexibility index (Phi) is 5.11. The number of nitrogens with one attached hydrogen (secondary N) is 1. The van der Waals surface area contributed by atoms with Crippen LogP contribution < -0.4 is 5.32 Å². The van der Waals surface area contributed by atoms with Gasteiger partial charge in [0.1, 0.15) is 6.10 Å². The number of aldehydes is 1. The highest BCUT2D eigenvalue weighted by molar-refractivity contribution is 5.74. The number of aliphatic hydroxyl groups is 2. The average molecular weight is 243 g/mol. The summed E-state index contributed by atoms with van der Waals surface area (Å²) < 4.78 is 5.28. The fraction of sp³-hybridized carbons (Fsp3) is 0.636. The zero-order valence-corrected chi connectivity index (χ0v) is 9.63. The highest BCUT2D eigenvalue weighted by atomic mass is 16.5. The molecule has 0 saturated heterocycles. The van der Waals surface area contributed by atoms with Gasteiger partial charge in [0.25, 0.3) is 0 Å². The van der Waals surface area contributed by atoms with E-state index in [0.29, 0.717) is 12.7 Å². The van der Waals surface area contributed by atoms with Crippen molar-refractivity contribution in [1.82, 2.24) is 5.32 Å². The van der Waals surface area contributed by atoms with Crippen LogP contribution in [0, 0.1) is 0 Å². The van der Waals surface area contributed by atoms with Crippen LogP contribution in [0.4, 0.5) is 0 Å². The van der Waals surface area contributed by atoms with Gasteiger partial charge in [0.15, 0.2) is 12.0 Å². The second-order valence-electron chi connectivity index (χ2n) is 3.93. The van der Waals surface area contributed by atoms with Crippen LogP contribution in [-0.4, -0.2) is 47.3 Å². The van der Waals surface area contributed by atoms with Gasteiger partial charge in [-0.2, -0.15) is 0 Å². The molecule has 0 radical (unpaired) electrons. The Morgan fingerprint density at radius 2 is 2.47 bits per heavy atom. The molecule has 0 aliphatic carbocycles. The molecule has 0 spiro atoms. The van der Waals surface area contributed by atoms with Gasteiger partial charge in [-0.3, -0.25) is 9.59 Å². The highest BCUT2D eigenvalue weighted by Gasteiger charge is 2.33. The minimum Gasteiger partial charge on any atom is -0.482 e. The molecule has 0 saturated carbocycles. The Bertz CT molecular complexity index is 315. The van der Waals surface area contributed by atoms with Crippen molar-refractivity contribution in [3.8, 4) is 0 Å². The summed E-state index contributed by atoms with van der Waals surface area (Å²) in [6.07, 6.45) is 1.03. The van der Waals surface area contributed by atoms with Gasteiger partial charge in [-0.05, 0) is 12.5 Å². The molecule has 1 heterocycles. The Labute approximate surface area is 99.3 Å². The van der Waals surface area contributed by atoms with E-state index in [2.05, 4.69) is 5.32 Å². The second kappa shape index (κ2) is 6.36. The SMILES string of the molecule is CC(=O)NC1CC=C(C=O)OC1C(O)CCO. The normalized spacial score (nSPS) is 25.5. The van der Waals surface area contributed by atoms with Crippen LogP contribution in [0.25, 0.3) is 0 Å². The van der Waals surface area contributed by atoms with Crippen molar-refractivity contribution < 1.29 is 24.5 Å². The molecule has 1 amide bonds. The summed E-state index contributed by atoms with van der Waals surface area (Å²) >= 11 is 0. The van der Waals surface area contributed by atoms with Crippen LogP contribution in [0.1, 0.15) is 19.8 Å². The fourth-order valence-corrected chi connectivity index (χ4v) is 1.79. The standard InChI is InChI=1S/C11H17NO5/c1-7(15)12-9-3-2-8(6-14)17-11(9)10(16)4-5-13/h2,6,9-11,13,16H,3-5H2,1H3,(H,12,15). The molecule has 0 aromatic rings. The lowest BCUT2D eigenvalue weighted by Gasteiger charge is -2.34. The number of amides is 1. The first kappa shape index (κ1) is 13.7. The van der Waals surface area contributed by atoms with Crippen LogP contribution in [-0.2, 0) is 14.3 Å². The van der Waals surface area contributed by atoms with Gasteiger partial charge in [0.05, 0.1) is 12.1 Å². The van der Waals surface area contributed by atoms with Crippen molar-refractivity contribution in [2.75, 3.05) is 6.61 Å². The largest absolute Gasteiger partial charge is 0.482 e. The van der Waals surface area contributed by atoms with E-state index in [1.807, 2.05) is 0 Å². The molecule has 1 aliphatic heterocycles. The minimum absolute atomic E-state index is 0.132. The lowest BCUT2D eigenvalue weighted by molar-refractivity contribution is -0.122. The van der Waals surface area contributed by atoms with E-state index < -0.39 is 18.2 Å². The molecule has 1 aliphatic rings. The maximum absolute atomic E-state index is 11.0. The summed E-state index contributed by atoms with van der Waals surface area (Å²) in [6.45, 7) is 1.18. The number of carbonyl (C=O) groups excluding carboxylic acids is 2. The van der Waals surface area contributed by atoms with Gasteiger partial charge in [-0.15, -0.1) is 0 Å². The summed E-state index contributed by atoms with van der Waals surface area (Å²) in [5, 5.41) is 21.2. The molecule has 0 aromatic heterocycles. The molecule has 6 heteroatoms.